The first-order valence-corrected chi connectivity index (χ1v) is 14.2. The smallest absolute Gasteiger partial charge is 0.361 e. The second-order valence-electron chi connectivity index (χ2n) is 10.6. The van der Waals surface area contributed by atoms with Gasteiger partial charge in [-0.3, -0.25) is 0 Å². The Hall–Kier alpha value is -5.25. The van der Waals surface area contributed by atoms with Gasteiger partial charge in [0, 0.05) is 48.0 Å². The number of likely N-dealkylation sites (N-methyl/N-ethyl adjacent to an activating group) is 1. The lowest BCUT2D eigenvalue weighted by atomic mass is 10.0. The number of hydrogen-bond acceptors (Lipinski definition) is 6. The van der Waals surface area contributed by atoms with Gasteiger partial charge in [-0.15, -0.1) is 10.2 Å². The Kier molecular flexibility index (Phi) is 7.97. The highest BCUT2D eigenvalue weighted by atomic mass is 19.4. The number of aromatic amines is 1. The van der Waals surface area contributed by atoms with Crippen LogP contribution in [0.3, 0.4) is 0 Å². The summed E-state index contributed by atoms with van der Waals surface area (Å²) in [6, 6.07) is 26.6. The minimum Gasteiger partial charge on any atom is -0.361 e. The fraction of sp³-hybridized carbons (Fsp3) is 0.176. The third kappa shape index (κ3) is 6.24. The van der Waals surface area contributed by atoms with E-state index in [1.165, 1.54) is 17.0 Å². The third-order valence-corrected chi connectivity index (χ3v) is 7.60. The van der Waals surface area contributed by atoms with Crippen molar-refractivity contribution in [1.29, 1.82) is 0 Å². The Bertz CT molecular complexity index is 1890. The molecule has 0 aliphatic carbocycles. The van der Waals surface area contributed by atoms with Crippen molar-refractivity contribution in [3.63, 3.8) is 0 Å². The van der Waals surface area contributed by atoms with E-state index >= 15 is 0 Å². The number of para-hydroxylation sites is 1. The van der Waals surface area contributed by atoms with E-state index in [2.05, 4.69) is 31.5 Å². The summed E-state index contributed by atoms with van der Waals surface area (Å²) < 4.78 is 40.8. The molecule has 0 spiro atoms. The van der Waals surface area contributed by atoms with Gasteiger partial charge < -0.3 is 15.2 Å². The summed E-state index contributed by atoms with van der Waals surface area (Å²) in [4.78, 5) is 14.4. The van der Waals surface area contributed by atoms with Crippen LogP contribution in [0, 0.1) is 0 Å². The molecule has 0 saturated heterocycles. The lowest BCUT2D eigenvalue weighted by Crippen LogP contribution is -2.22. The number of rotatable bonds is 9. The van der Waals surface area contributed by atoms with Gasteiger partial charge in [0.2, 0.25) is 5.95 Å². The van der Waals surface area contributed by atoms with Crippen LogP contribution in [0.2, 0.25) is 0 Å². The molecule has 10 heteroatoms. The van der Waals surface area contributed by atoms with E-state index in [0.717, 1.165) is 29.6 Å². The molecule has 0 aliphatic rings. The van der Waals surface area contributed by atoms with Crippen LogP contribution in [-0.4, -0.2) is 38.7 Å². The normalized spacial score (nSPS) is 12.3. The standard InChI is InChI=1S/C34H30F3N7/c1-22(23-9-4-3-5-10-23)40-33-38-17-15-30(41-33)28-20-31(42-43-32(28)24-11-8-12-26(19-24)34(35,36)37)44(2)18-16-25-21-39-29-14-7-6-13-27(25)29/h3-15,17,19-22,39H,16,18H2,1-2H3,(H,38,40,41)/t22-/m0/s1. The number of fused-ring (bicyclic) bond motifs is 1. The molecule has 0 radical (unpaired) electrons. The molecule has 3 heterocycles. The summed E-state index contributed by atoms with van der Waals surface area (Å²) in [6.45, 7) is 2.65. The number of alkyl halides is 3. The Morgan fingerprint density at radius 3 is 2.52 bits per heavy atom. The van der Waals surface area contributed by atoms with E-state index in [1.54, 1.807) is 18.3 Å². The molecule has 0 saturated carbocycles. The number of benzene rings is 3. The molecule has 6 aromatic rings. The predicted octanol–water partition coefficient (Wildman–Crippen LogP) is 7.95. The maximum atomic E-state index is 13.6. The van der Waals surface area contributed by atoms with Crippen molar-refractivity contribution in [1.82, 2.24) is 25.1 Å². The summed E-state index contributed by atoms with van der Waals surface area (Å²) in [7, 11) is 1.92. The summed E-state index contributed by atoms with van der Waals surface area (Å²) in [5.41, 5.74) is 4.21. The number of halogens is 3. The van der Waals surface area contributed by atoms with Crippen LogP contribution in [0.5, 0.6) is 0 Å². The molecule has 44 heavy (non-hydrogen) atoms. The third-order valence-electron chi connectivity index (χ3n) is 7.60. The number of aromatic nitrogens is 5. The van der Waals surface area contributed by atoms with Crippen molar-refractivity contribution in [3.8, 4) is 22.5 Å². The van der Waals surface area contributed by atoms with E-state index in [1.807, 2.05) is 79.7 Å². The Labute approximate surface area is 252 Å². The van der Waals surface area contributed by atoms with Gasteiger partial charge in [-0.1, -0.05) is 60.7 Å². The van der Waals surface area contributed by atoms with Crippen molar-refractivity contribution in [3.05, 3.63) is 120 Å². The van der Waals surface area contributed by atoms with Crippen LogP contribution in [0.1, 0.15) is 29.7 Å². The zero-order valence-electron chi connectivity index (χ0n) is 24.2. The van der Waals surface area contributed by atoms with E-state index < -0.39 is 11.7 Å². The van der Waals surface area contributed by atoms with Crippen LogP contribution in [-0.2, 0) is 12.6 Å². The summed E-state index contributed by atoms with van der Waals surface area (Å²) in [5.74, 6) is 0.959. The largest absolute Gasteiger partial charge is 0.416 e. The highest BCUT2D eigenvalue weighted by molar-refractivity contribution is 5.83. The number of H-pyrrole nitrogens is 1. The molecule has 0 amide bonds. The first kappa shape index (κ1) is 28.9. The Balaban J connectivity index is 1.35. The SMILES string of the molecule is C[C@H](Nc1nccc(-c2cc(N(C)CCc3c[nH]c4ccccc34)nnc2-c2cccc(C(F)(F)F)c2)n1)c1ccccc1. The first-order valence-electron chi connectivity index (χ1n) is 14.2. The second-order valence-corrected chi connectivity index (χ2v) is 10.6. The van der Waals surface area contributed by atoms with Crippen LogP contribution < -0.4 is 10.2 Å². The van der Waals surface area contributed by atoms with E-state index in [4.69, 9.17) is 4.98 Å². The van der Waals surface area contributed by atoms with Crippen LogP contribution in [0.15, 0.2) is 103 Å². The average molecular weight is 594 g/mol. The molecule has 6 rings (SSSR count). The monoisotopic (exact) mass is 593 g/mol. The minimum atomic E-state index is -4.49. The van der Waals surface area contributed by atoms with E-state index in [-0.39, 0.29) is 6.04 Å². The fourth-order valence-corrected chi connectivity index (χ4v) is 5.16. The van der Waals surface area contributed by atoms with Gasteiger partial charge in [-0.2, -0.15) is 13.2 Å². The van der Waals surface area contributed by atoms with Gasteiger partial charge in [0.15, 0.2) is 5.82 Å². The maximum absolute atomic E-state index is 13.6. The molecule has 3 aromatic heterocycles. The molecule has 0 fully saturated rings. The van der Waals surface area contributed by atoms with Crippen molar-refractivity contribution >= 4 is 22.7 Å². The van der Waals surface area contributed by atoms with Crippen molar-refractivity contribution in [2.45, 2.75) is 25.6 Å². The van der Waals surface area contributed by atoms with Crippen LogP contribution >= 0.6 is 0 Å². The Morgan fingerprint density at radius 2 is 1.70 bits per heavy atom. The molecule has 0 aliphatic heterocycles. The van der Waals surface area contributed by atoms with Gasteiger partial charge in [0.25, 0.3) is 0 Å². The van der Waals surface area contributed by atoms with Crippen molar-refractivity contribution in [2.75, 3.05) is 23.8 Å². The Morgan fingerprint density at radius 1 is 0.909 bits per heavy atom. The van der Waals surface area contributed by atoms with Gasteiger partial charge in [-0.25, -0.2) is 9.97 Å². The molecule has 1 atom stereocenters. The number of nitrogens with one attached hydrogen (secondary N) is 2. The van der Waals surface area contributed by atoms with Crippen LogP contribution in [0.25, 0.3) is 33.4 Å². The summed E-state index contributed by atoms with van der Waals surface area (Å²) >= 11 is 0. The lowest BCUT2D eigenvalue weighted by molar-refractivity contribution is -0.137. The predicted molar refractivity (Wildman–Crippen MR) is 167 cm³/mol. The number of nitrogens with zero attached hydrogens (tertiary/aromatic N) is 5. The molecular weight excluding hydrogens is 563 g/mol. The molecule has 222 valence electrons. The van der Waals surface area contributed by atoms with Gasteiger partial charge in [0.05, 0.1) is 17.3 Å². The highest BCUT2D eigenvalue weighted by Crippen LogP contribution is 2.36. The molecule has 0 bridgehead atoms. The minimum absolute atomic E-state index is 0.0730. The molecule has 3 aromatic carbocycles. The van der Waals surface area contributed by atoms with Crippen LogP contribution in [0.4, 0.5) is 24.9 Å². The fourth-order valence-electron chi connectivity index (χ4n) is 5.16. The molecule has 2 N–H and O–H groups in total. The number of hydrogen-bond donors (Lipinski definition) is 2. The maximum Gasteiger partial charge on any atom is 0.416 e. The summed E-state index contributed by atoms with van der Waals surface area (Å²) in [5, 5.41) is 13.4. The van der Waals surface area contributed by atoms with Crippen molar-refractivity contribution in [2.24, 2.45) is 0 Å². The second kappa shape index (κ2) is 12.2. The van der Waals surface area contributed by atoms with Gasteiger partial charge >= 0.3 is 6.18 Å². The van der Waals surface area contributed by atoms with E-state index in [9.17, 15) is 13.2 Å². The number of anilines is 2. The van der Waals surface area contributed by atoms with E-state index in [0.29, 0.717) is 40.8 Å². The quantitative estimate of drug-likeness (QED) is 0.177. The summed E-state index contributed by atoms with van der Waals surface area (Å²) in [6.07, 6.45) is -0.102. The lowest BCUT2D eigenvalue weighted by Gasteiger charge is -2.20. The highest BCUT2D eigenvalue weighted by Gasteiger charge is 2.31. The topological polar surface area (TPSA) is 82.6 Å². The zero-order chi connectivity index (χ0) is 30.7. The average Bonchev–Trinajstić information content (AvgIpc) is 3.46. The molecule has 7 nitrogen and oxygen atoms in total. The van der Waals surface area contributed by atoms with Gasteiger partial charge in [0.1, 0.15) is 5.69 Å². The van der Waals surface area contributed by atoms with Crippen molar-refractivity contribution < 1.29 is 13.2 Å². The first-order chi connectivity index (χ1) is 21.3. The molecular formula is C34H30F3N7. The zero-order valence-corrected chi connectivity index (χ0v) is 24.2. The molecule has 0 unspecified atom stereocenters. The van der Waals surface area contributed by atoms with Gasteiger partial charge in [-0.05, 0) is 54.8 Å².